The number of aromatic nitrogens is 1. The van der Waals surface area contributed by atoms with Crippen molar-refractivity contribution in [2.24, 2.45) is 0 Å². The van der Waals surface area contributed by atoms with Crippen molar-refractivity contribution in [3.05, 3.63) is 69.9 Å². The number of nitrogens with one attached hydrogen (secondary N) is 1. The second kappa shape index (κ2) is 8.34. The molecular formula is C26H26ClN3O3. The molecule has 1 unspecified atom stereocenters. The average Bonchev–Trinajstić information content (AvgIpc) is 3.41. The number of carbonyl (C=O) groups is 3. The number of aryl methyl sites for hydroxylation is 2. The topological polar surface area (TPSA) is 71.4 Å². The quantitative estimate of drug-likeness (QED) is 0.573. The van der Waals surface area contributed by atoms with Gasteiger partial charge in [0.15, 0.2) is 6.04 Å². The first-order valence-corrected chi connectivity index (χ1v) is 11.7. The molecule has 2 heterocycles. The van der Waals surface area contributed by atoms with Crippen LogP contribution in [0.15, 0.2) is 42.5 Å². The lowest BCUT2D eigenvalue weighted by Crippen LogP contribution is -2.59. The van der Waals surface area contributed by atoms with Gasteiger partial charge in [-0.1, -0.05) is 48.2 Å². The maximum atomic E-state index is 13.8. The Morgan fingerprint density at radius 1 is 1.06 bits per heavy atom. The minimum absolute atomic E-state index is 0.0463. The lowest BCUT2D eigenvalue weighted by atomic mass is 10.0. The maximum Gasteiger partial charge on any atom is 0.272 e. The number of hydrogen-bond donors (Lipinski definition) is 1. The van der Waals surface area contributed by atoms with Gasteiger partial charge in [0, 0.05) is 23.0 Å². The molecule has 0 radical (unpaired) electrons. The molecule has 1 aromatic heterocycles. The van der Waals surface area contributed by atoms with Gasteiger partial charge < -0.3 is 10.2 Å². The van der Waals surface area contributed by atoms with Crippen molar-refractivity contribution in [3.8, 4) is 0 Å². The Morgan fingerprint density at radius 2 is 1.82 bits per heavy atom. The van der Waals surface area contributed by atoms with Crippen molar-refractivity contribution in [1.82, 2.24) is 14.8 Å². The van der Waals surface area contributed by atoms with Crippen LogP contribution in [0.1, 0.15) is 57.7 Å². The van der Waals surface area contributed by atoms with Crippen molar-refractivity contribution >= 4 is 40.2 Å². The predicted octanol–water partition coefficient (Wildman–Crippen LogP) is 4.64. The molecule has 1 aliphatic heterocycles. The zero-order valence-corrected chi connectivity index (χ0v) is 19.5. The SMILES string of the molecule is Cc1ccc(CN2C(=O)c3cc4cc(Cl)ccc4n3C(=O)C2C(=O)NC2CCCC2)c(C)c1. The number of benzene rings is 2. The first kappa shape index (κ1) is 21.7. The van der Waals surface area contributed by atoms with E-state index in [0.29, 0.717) is 15.9 Å². The van der Waals surface area contributed by atoms with Crippen LogP contribution in [0.3, 0.4) is 0 Å². The van der Waals surface area contributed by atoms with Gasteiger partial charge in [0.1, 0.15) is 5.69 Å². The van der Waals surface area contributed by atoms with Crippen LogP contribution in [0.5, 0.6) is 0 Å². The van der Waals surface area contributed by atoms with Crippen LogP contribution in [0, 0.1) is 13.8 Å². The fraction of sp³-hybridized carbons (Fsp3) is 0.346. The van der Waals surface area contributed by atoms with Gasteiger partial charge >= 0.3 is 0 Å². The maximum absolute atomic E-state index is 13.8. The molecule has 170 valence electrons. The smallest absolute Gasteiger partial charge is 0.272 e. The van der Waals surface area contributed by atoms with Gasteiger partial charge in [-0.3, -0.25) is 19.0 Å². The van der Waals surface area contributed by atoms with E-state index in [1.807, 2.05) is 32.0 Å². The Labute approximate surface area is 197 Å². The lowest BCUT2D eigenvalue weighted by molar-refractivity contribution is -0.125. The lowest BCUT2D eigenvalue weighted by Gasteiger charge is -2.35. The third-order valence-corrected chi connectivity index (χ3v) is 7.03. The van der Waals surface area contributed by atoms with Crippen molar-refractivity contribution in [2.75, 3.05) is 0 Å². The zero-order chi connectivity index (χ0) is 23.3. The summed E-state index contributed by atoms with van der Waals surface area (Å²) < 4.78 is 1.38. The Morgan fingerprint density at radius 3 is 2.55 bits per heavy atom. The highest BCUT2D eigenvalue weighted by Crippen LogP contribution is 2.30. The van der Waals surface area contributed by atoms with E-state index < -0.39 is 17.9 Å². The molecule has 0 spiro atoms. The van der Waals surface area contributed by atoms with E-state index in [1.54, 1.807) is 24.3 Å². The summed E-state index contributed by atoms with van der Waals surface area (Å²) in [4.78, 5) is 42.3. The van der Waals surface area contributed by atoms with Gasteiger partial charge in [-0.05, 0) is 62.1 Å². The molecule has 0 bridgehead atoms. The summed E-state index contributed by atoms with van der Waals surface area (Å²) in [6, 6.07) is 11.6. The summed E-state index contributed by atoms with van der Waals surface area (Å²) in [6.45, 7) is 4.17. The van der Waals surface area contributed by atoms with Gasteiger partial charge in [0.25, 0.3) is 17.7 Å². The van der Waals surface area contributed by atoms with Gasteiger partial charge in [-0.15, -0.1) is 0 Å². The minimum Gasteiger partial charge on any atom is -0.351 e. The molecule has 1 atom stereocenters. The molecule has 2 aromatic carbocycles. The number of fused-ring (bicyclic) bond motifs is 3. The van der Waals surface area contributed by atoms with E-state index in [2.05, 4.69) is 5.32 Å². The molecule has 2 aliphatic rings. The van der Waals surface area contributed by atoms with E-state index in [1.165, 1.54) is 9.47 Å². The summed E-state index contributed by atoms with van der Waals surface area (Å²) in [5.41, 5.74) is 3.88. The normalized spacial score (nSPS) is 18.8. The molecule has 1 saturated carbocycles. The molecule has 6 nitrogen and oxygen atoms in total. The first-order chi connectivity index (χ1) is 15.8. The predicted molar refractivity (Wildman–Crippen MR) is 128 cm³/mol. The third-order valence-electron chi connectivity index (χ3n) is 6.80. The number of rotatable bonds is 4. The summed E-state index contributed by atoms with van der Waals surface area (Å²) in [5.74, 6) is -1.16. The van der Waals surface area contributed by atoms with Gasteiger partial charge in [-0.2, -0.15) is 0 Å². The highest BCUT2D eigenvalue weighted by atomic mass is 35.5. The number of carbonyl (C=O) groups excluding carboxylic acids is 3. The molecule has 0 saturated heterocycles. The van der Waals surface area contributed by atoms with Crippen LogP contribution in [0.4, 0.5) is 0 Å². The van der Waals surface area contributed by atoms with Gasteiger partial charge in [0.2, 0.25) is 0 Å². The van der Waals surface area contributed by atoms with Crippen LogP contribution in [-0.4, -0.2) is 39.3 Å². The fourth-order valence-electron chi connectivity index (χ4n) is 5.07. The Hall–Kier alpha value is -3.12. The molecule has 1 N–H and O–H groups in total. The summed E-state index contributed by atoms with van der Waals surface area (Å²) >= 11 is 6.14. The average molecular weight is 464 g/mol. The number of nitrogens with zero attached hydrogens (tertiary/aromatic N) is 2. The number of hydrogen-bond acceptors (Lipinski definition) is 3. The van der Waals surface area contributed by atoms with E-state index in [-0.39, 0.29) is 24.2 Å². The molecule has 5 rings (SSSR count). The highest BCUT2D eigenvalue weighted by molar-refractivity contribution is 6.31. The molecule has 3 aromatic rings. The highest BCUT2D eigenvalue weighted by Gasteiger charge is 2.44. The standard InChI is InChI=1S/C26H26ClN3O3/c1-15-7-8-17(16(2)11-15)14-29-23(24(31)28-20-5-3-4-6-20)26(33)30-21-10-9-19(27)12-18(21)13-22(30)25(29)32/h7-13,20,23H,3-6,14H2,1-2H3,(H,28,31). The number of halogens is 1. The van der Waals surface area contributed by atoms with Crippen molar-refractivity contribution in [2.45, 2.75) is 58.2 Å². The van der Waals surface area contributed by atoms with E-state index in [0.717, 1.165) is 42.4 Å². The number of amides is 2. The molecule has 7 heteroatoms. The van der Waals surface area contributed by atoms with Gasteiger partial charge in [-0.25, -0.2) is 0 Å². The molecular weight excluding hydrogens is 438 g/mol. The molecule has 2 amide bonds. The largest absolute Gasteiger partial charge is 0.351 e. The summed E-state index contributed by atoms with van der Waals surface area (Å²) in [5, 5.41) is 4.25. The Bertz CT molecular complexity index is 1290. The van der Waals surface area contributed by atoms with Crippen LogP contribution < -0.4 is 5.32 Å². The van der Waals surface area contributed by atoms with E-state index in [9.17, 15) is 14.4 Å². The van der Waals surface area contributed by atoms with Crippen LogP contribution >= 0.6 is 11.6 Å². The second-order valence-electron chi connectivity index (χ2n) is 9.16. The summed E-state index contributed by atoms with van der Waals surface area (Å²) in [7, 11) is 0. The monoisotopic (exact) mass is 463 g/mol. The first-order valence-electron chi connectivity index (χ1n) is 11.4. The van der Waals surface area contributed by atoms with E-state index >= 15 is 0 Å². The summed E-state index contributed by atoms with van der Waals surface area (Å²) in [6.07, 6.45) is 3.91. The van der Waals surface area contributed by atoms with Crippen LogP contribution in [-0.2, 0) is 11.3 Å². The Balaban J connectivity index is 1.59. The van der Waals surface area contributed by atoms with Crippen molar-refractivity contribution < 1.29 is 14.4 Å². The molecule has 33 heavy (non-hydrogen) atoms. The van der Waals surface area contributed by atoms with Crippen LogP contribution in [0.25, 0.3) is 10.9 Å². The zero-order valence-electron chi connectivity index (χ0n) is 18.7. The minimum atomic E-state index is -1.22. The second-order valence-corrected chi connectivity index (χ2v) is 9.60. The third kappa shape index (κ3) is 3.82. The van der Waals surface area contributed by atoms with Crippen molar-refractivity contribution in [1.29, 1.82) is 0 Å². The fourth-order valence-corrected chi connectivity index (χ4v) is 5.26. The van der Waals surface area contributed by atoms with E-state index in [4.69, 9.17) is 11.6 Å². The molecule has 1 fully saturated rings. The van der Waals surface area contributed by atoms with Gasteiger partial charge in [0.05, 0.1) is 5.52 Å². The Kier molecular flexibility index (Phi) is 5.49. The van der Waals surface area contributed by atoms with Crippen molar-refractivity contribution in [3.63, 3.8) is 0 Å². The van der Waals surface area contributed by atoms with Crippen LogP contribution in [0.2, 0.25) is 5.02 Å². The molecule has 1 aliphatic carbocycles.